The molecule has 1 aliphatic carbocycles. The molecule has 0 spiro atoms. The molecule has 0 unspecified atom stereocenters. The molecule has 1 fully saturated rings. The second-order valence-electron chi connectivity index (χ2n) is 8.04. The molecule has 0 aliphatic heterocycles. The largest absolute Gasteiger partial charge is 0.207 e. The molecule has 0 amide bonds. The number of benzene rings is 2. The van der Waals surface area contributed by atoms with Crippen LogP contribution in [0.2, 0.25) is 0 Å². The summed E-state index contributed by atoms with van der Waals surface area (Å²) in [6, 6.07) is 8.34. The Morgan fingerprint density at radius 3 is 2.47 bits per heavy atom. The molecule has 32 heavy (non-hydrogen) atoms. The average Bonchev–Trinajstić information content (AvgIpc) is 2.80. The number of halogens is 3. The minimum absolute atomic E-state index is 0. The maximum Gasteiger partial charge on any atom is 0.166 e. The Morgan fingerprint density at radius 1 is 1.00 bits per heavy atom. The summed E-state index contributed by atoms with van der Waals surface area (Å²) in [5, 5.41) is 0. The summed E-state index contributed by atoms with van der Waals surface area (Å²) >= 11 is 0. The van der Waals surface area contributed by atoms with Crippen LogP contribution in [0.3, 0.4) is 0 Å². The Labute approximate surface area is 196 Å². The van der Waals surface area contributed by atoms with Crippen LogP contribution in [0, 0.1) is 59.4 Å². The average molecular weight is 441 g/mol. The van der Waals surface area contributed by atoms with Crippen molar-refractivity contribution in [3.8, 4) is 36.0 Å². The van der Waals surface area contributed by atoms with Crippen LogP contribution in [0.1, 0.15) is 74.3 Å². The number of hydrogen-bond acceptors (Lipinski definition) is 0. The van der Waals surface area contributed by atoms with Gasteiger partial charge in [0, 0.05) is 18.3 Å². The Bertz CT molecular complexity index is 1170. The van der Waals surface area contributed by atoms with E-state index in [2.05, 4.69) is 29.6 Å². The first kappa shape index (κ1) is 23.3. The molecule has 3 heteroatoms. The number of aryl methyl sites for hydroxylation is 1. The van der Waals surface area contributed by atoms with Crippen molar-refractivity contribution < 1.29 is 20.3 Å². The third-order valence-corrected chi connectivity index (χ3v) is 5.88. The van der Waals surface area contributed by atoms with Crippen molar-refractivity contribution in [3.05, 3.63) is 76.1 Å². The normalized spacial score (nSPS) is 17.7. The van der Waals surface area contributed by atoms with E-state index in [1.807, 2.05) is 13.0 Å². The third-order valence-electron chi connectivity index (χ3n) is 5.88. The molecule has 3 rings (SSSR count). The summed E-state index contributed by atoms with van der Waals surface area (Å²) in [7, 11) is 0. The molecule has 0 saturated heterocycles. The van der Waals surface area contributed by atoms with E-state index in [4.69, 9.17) is 6.42 Å². The molecule has 0 N–H and O–H groups in total. The third kappa shape index (κ3) is 5.87. The SMILES string of the molecule is C#CC#CC#Cc1ccc(C2CCC(/C=C/c3ccc(CCC)c(F)c3F)CC2)c(F)c1.[HH].[HH].[HH].[HH].[HH]. The van der Waals surface area contributed by atoms with Crippen LogP contribution in [0.4, 0.5) is 13.2 Å². The predicted molar refractivity (Wildman–Crippen MR) is 135 cm³/mol. The van der Waals surface area contributed by atoms with Crippen LogP contribution in [-0.4, -0.2) is 0 Å². The summed E-state index contributed by atoms with van der Waals surface area (Å²) in [6.45, 7) is 1.94. The first-order valence-electron chi connectivity index (χ1n) is 10.9. The molecule has 172 valence electrons. The fourth-order valence-electron chi connectivity index (χ4n) is 4.16. The molecular formula is C29H35F3. The highest BCUT2D eigenvalue weighted by atomic mass is 19.2. The van der Waals surface area contributed by atoms with Crippen molar-refractivity contribution >= 4 is 6.08 Å². The lowest BCUT2D eigenvalue weighted by Gasteiger charge is -2.27. The molecule has 0 atom stereocenters. The van der Waals surface area contributed by atoms with Gasteiger partial charge in [0.25, 0.3) is 0 Å². The summed E-state index contributed by atoms with van der Waals surface area (Å²) in [6.07, 6.45) is 13.4. The zero-order chi connectivity index (χ0) is 22.9. The molecule has 0 aromatic heterocycles. The van der Waals surface area contributed by atoms with Crippen LogP contribution in [0.25, 0.3) is 6.08 Å². The zero-order valence-corrected chi connectivity index (χ0v) is 18.2. The lowest BCUT2D eigenvalue weighted by molar-refractivity contribution is 0.369. The molecule has 2 aromatic rings. The Morgan fingerprint density at radius 2 is 1.78 bits per heavy atom. The number of hydrogen-bond donors (Lipinski definition) is 0. The lowest BCUT2D eigenvalue weighted by Crippen LogP contribution is -2.13. The standard InChI is InChI=1S/C29H25F3.5H2/c1-3-5-6-7-9-22-13-19-26(27(30)20-22)23-14-10-21(11-15-23)12-16-25-18-17-24(8-4-2)28(31)29(25)32;;;;;/h1,12-13,16-21,23H,4,8,10-11,14-15H2,2H3;5*1H/b16-12+;;;;;. The highest BCUT2D eigenvalue weighted by molar-refractivity contribution is 5.51. The van der Waals surface area contributed by atoms with Gasteiger partial charge >= 0.3 is 0 Å². The summed E-state index contributed by atoms with van der Waals surface area (Å²) < 4.78 is 43.1. The summed E-state index contributed by atoms with van der Waals surface area (Å²) in [5.41, 5.74) is 1.96. The van der Waals surface area contributed by atoms with E-state index in [1.165, 1.54) is 6.07 Å². The van der Waals surface area contributed by atoms with Gasteiger partial charge in [0.05, 0.1) is 0 Å². The van der Waals surface area contributed by atoms with Crippen molar-refractivity contribution in [2.45, 2.75) is 51.4 Å². The Balaban J connectivity index is -0.00000231. The maximum absolute atomic E-state index is 14.6. The summed E-state index contributed by atoms with van der Waals surface area (Å²) in [4.78, 5) is 0. The topological polar surface area (TPSA) is 0 Å². The van der Waals surface area contributed by atoms with Crippen molar-refractivity contribution in [3.63, 3.8) is 0 Å². The van der Waals surface area contributed by atoms with Gasteiger partial charge in [-0.15, -0.1) is 6.42 Å². The van der Waals surface area contributed by atoms with Crippen molar-refractivity contribution in [1.82, 2.24) is 0 Å². The quantitative estimate of drug-likeness (QED) is 0.411. The molecule has 0 heterocycles. The van der Waals surface area contributed by atoms with Gasteiger partial charge in [0.15, 0.2) is 11.6 Å². The summed E-state index contributed by atoms with van der Waals surface area (Å²) in [5.74, 6) is 11.1. The number of rotatable bonds is 5. The van der Waals surface area contributed by atoms with Crippen molar-refractivity contribution in [2.75, 3.05) is 0 Å². The van der Waals surface area contributed by atoms with E-state index in [9.17, 15) is 13.2 Å². The highest BCUT2D eigenvalue weighted by Crippen LogP contribution is 2.37. The predicted octanol–water partition coefficient (Wildman–Crippen LogP) is 8.26. The first-order chi connectivity index (χ1) is 15.5. The van der Waals surface area contributed by atoms with Crippen molar-refractivity contribution in [2.24, 2.45) is 5.92 Å². The van der Waals surface area contributed by atoms with Crippen LogP contribution >= 0.6 is 0 Å². The zero-order valence-electron chi connectivity index (χ0n) is 18.2. The van der Waals surface area contributed by atoms with E-state index in [0.29, 0.717) is 23.1 Å². The molecular weight excluding hydrogens is 405 g/mol. The fraction of sp³-hybridized carbons (Fsp3) is 0.310. The molecule has 0 bridgehead atoms. The van der Waals surface area contributed by atoms with E-state index in [0.717, 1.165) is 32.1 Å². The molecule has 1 aliphatic rings. The smallest absolute Gasteiger partial charge is 0.166 e. The van der Waals surface area contributed by atoms with Gasteiger partial charge in [-0.3, -0.25) is 0 Å². The highest BCUT2D eigenvalue weighted by Gasteiger charge is 2.23. The van der Waals surface area contributed by atoms with Gasteiger partial charge in [-0.1, -0.05) is 49.6 Å². The Kier molecular flexibility index (Phi) is 8.25. The van der Waals surface area contributed by atoms with Crippen LogP contribution in [0.15, 0.2) is 36.4 Å². The van der Waals surface area contributed by atoms with E-state index in [-0.39, 0.29) is 30.3 Å². The fourth-order valence-corrected chi connectivity index (χ4v) is 4.16. The second kappa shape index (κ2) is 11.3. The molecule has 2 aromatic carbocycles. The van der Waals surface area contributed by atoms with Gasteiger partial charge in [-0.25, -0.2) is 13.2 Å². The maximum atomic E-state index is 14.6. The molecule has 0 radical (unpaired) electrons. The van der Waals surface area contributed by atoms with Crippen molar-refractivity contribution in [1.29, 1.82) is 0 Å². The Hall–Kier alpha value is -3.35. The van der Waals surface area contributed by atoms with E-state index in [1.54, 1.807) is 30.3 Å². The van der Waals surface area contributed by atoms with Gasteiger partial charge in [0.2, 0.25) is 0 Å². The monoisotopic (exact) mass is 440 g/mol. The number of terminal acetylenes is 1. The van der Waals surface area contributed by atoms with Gasteiger partial charge < -0.3 is 0 Å². The van der Waals surface area contributed by atoms with E-state index < -0.39 is 11.6 Å². The second-order valence-corrected chi connectivity index (χ2v) is 8.04. The van der Waals surface area contributed by atoms with Gasteiger partial charge in [0.1, 0.15) is 5.82 Å². The van der Waals surface area contributed by atoms with Crippen LogP contribution in [-0.2, 0) is 6.42 Å². The van der Waals surface area contributed by atoms with Gasteiger partial charge in [-0.05, 0) is 90.9 Å². The minimum Gasteiger partial charge on any atom is -0.207 e. The van der Waals surface area contributed by atoms with E-state index >= 15 is 0 Å². The van der Waals surface area contributed by atoms with Crippen LogP contribution < -0.4 is 0 Å². The molecule has 0 nitrogen and oxygen atoms in total. The van der Waals surface area contributed by atoms with Gasteiger partial charge in [-0.2, -0.15) is 0 Å². The lowest BCUT2D eigenvalue weighted by atomic mass is 9.78. The number of allylic oxidation sites excluding steroid dienone is 1. The minimum atomic E-state index is -0.781. The molecule has 1 saturated carbocycles. The van der Waals surface area contributed by atoms with Crippen LogP contribution in [0.5, 0.6) is 0 Å². The first-order valence-corrected chi connectivity index (χ1v) is 10.9.